The number of nitrogens with one attached hydrogen (secondary N) is 1. The van der Waals surface area contributed by atoms with Crippen LogP contribution in [0.5, 0.6) is 0 Å². The van der Waals surface area contributed by atoms with Crippen LogP contribution in [-0.4, -0.2) is 43.9 Å². The maximum atomic E-state index is 12.9. The average Bonchev–Trinajstić information content (AvgIpc) is 3.07. The lowest BCUT2D eigenvalue weighted by Gasteiger charge is -2.23. The highest BCUT2D eigenvalue weighted by Crippen LogP contribution is 2.30. The minimum atomic E-state index is -0.185. The Bertz CT molecular complexity index is 823. The van der Waals surface area contributed by atoms with Gasteiger partial charge >= 0.3 is 0 Å². The molecule has 1 aliphatic heterocycles. The van der Waals surface area contributed by atoms with Crippen LogP contribution in [0, 0.1) is 0 Å². The lowest BCUT2D eigenvalue weighted by Crippen LogP contribution is -2.35. The third-order valence-corrected chi connectivity index (χ3v) is 4.95. The number of likely N-dealkylation sites (N-methyl/N-ethyl adjacent to an activating group) is 1. The third kappa shape index (κ3) is 4.67. The molecule has 1 heterocycles. The number of hydrogen-bond acceptors (Lipinski definition) is 3. The van der Waals surface area contributed by atoms with Gasteiger partial charge in [0.05, 0.1) is 16.8 Å². The van der Waals surface area contributed by atoms with Crippen LogP contribution in [0.4, 0.5) is 5.69 Å². The van der Waals surface area contributed by atoms with Gasteiger partial charge in [0, 0.05) is 25.1 Å². The summed E-state index contributed by atoms with van der Waals surface area (Å²) in [6, 6.07) is 14.8. The van der Waals surface area contributed by atoms with E-state index in [2.05, 4.69) is 5.32 Å². The molecule has 0 saturated carbocycles. The second kappa shape index (κ2) is 8.55. The molecule has 2 aromatic carbocycles. The zero-order chi connectivity index (χ0) is 19.4. The number of halogens is 1. The Balaban J connectivity index is 1.83. The molecule has 142 valence electrons. The Kier molecular flexibility index (Phi) is 6.14. The first-order chi connectivity index (χ1) is 13.0. The van der Waals surface area contributed by atoms with Crippen molar-refractivity contribution in [2.45, 2.75) is 18.9 Å². The van der Waals surface area contributed by atoms with E-state index >= 15 is 0 Å². The highest BCUT2D eigenvalue weighted by Gasteiger charge is 2.25. The molecule has 0 unspecified atom stereocenters. The molecule has 1 aliphatic rings. The fourth-order valence-electron chi connectivity index (χ4n) is 3.29. The van der Waals surface area contributed by atoms with E-state index in [9.17, 15) is 9.59 Å². The van der Waals surface area contributed by atoms with Crippen LogP contribution in [0.1, 0.15) is 34.8 Å². The molecule has 1 N–H and O–H groups in total. The summed E-state index contributed by atoms with van der Waals surface area (Å²) in [7, 11) is 3.95. The van der Waals surface area contributed by atoms with Gasteiger partial charge in [-0.05, 0) is 44.3 Å². The maximum absolute atomic E-state index is 12.9. The average molecular weight is 386 g/mol. The highest BCUT2D eigenvalue weighted by atomic mass is 35.5. The van der Waals surface area contributed by atoms with Gasteiger partial charge in [-0.3, -0.25) is 9.59 Å². The number of nitrogens with zero attached hydrogens (tertiary/aromatic N) is 2. The van der Waals surface area contributed by atoms with Crippen molar-refractivity contribution in [3.63, 3.8) is 0 Å². The molecule has 0 aliphatic carbocycles. The van der Waals surface area contributed by atoms with E-state index in [1.807, 2.05) is 49.3 Å². The van der Waals surface area contributed by atoms with Gasteiger partial charge in [-0.15, -0.1) is 0 Å². The molecule has 1 fully saturated rings. The molecular formula is C21H24ClN3O2. The third-order valence-electron chi connectivity index (χ3n) is 4.63. The number of carbonyl (C=O) groups is 2. The van der Waals surface area contributed by atoms with Crippen molar-refractivity contribution in [2.75, 3.05) is 32.1 Å². The van der Waals surface area contributed by atoms with E-state index in [1.165, 1.54) is 0 Å². The van der Waals surface area contributed by atoms with Crippen molar-refractivity contribution >= 4 is 29.1 Å². The van der Waals surface area contributed by atoms with Crippen LogP contribution >= 0.6 is 11.6 Å². The van der Waals surface area contributed by atoms with Gasteiger partial charge in [-0.2, -0.15) is 0 Å². The van der Waals surface area contributed by atoms with E-state index in [0.717, 1.165) is 12.0 Å². The molecule has 27 heavy (non-hydrogen) atoms. The summed E-state index contributed by atoms with van der Waals surface area (Å²) in [5.74, 6) is -0.139. The molecular weight excluding hydrogens is 362 g/mol. The SMILES string of the molecule is CN(C)C[C@H](NC(=O)c1ccc(Cl)c(N2CCCC2=O)c1)c1ccccc1. The fraction of sp³-hybridized carbons (Fsp3) is 0.333. The lowest BCUT2D eigenvalue weighted by molar-refractivity contribution is -0.117. The monoisotopic (exact) mass is 385 g/mol. The molecule has 6 heteroatoms. The molecule has 2 amide bonds. The Labute approximate surface area is 164 Å². The van der Waals surface area contributed by atoms with Crippen molar-refractivity contribution < 1.29 is 9.59 Å². The molecule has 2 aromatic rings. The number of carbonyl (C=O) groups excluding carboxylic acids is 2. The first kappa shape index (κ1) is 19.4. The van der Waals surface area contributed by atoms with Gasteiger partial charge in [0.15, 0.2) is 0 Å². The zero-order valence-electron chi connectivity index (χ0n) is 15.6. The van der Waals surface area contributed by atoms with Gasteiger partial charge in [0.25, 0.3) is 5.91 Å². The second-order valence-corrected chi connectivity index (χ2v) is 7.42. The number of anilines is 1. The van der Waals surface area contributed by atoms with Crippen LogP contribution in [0.25, 0.3) is 0 Å². The van der Waals surface area contributed by atoms with Crippen molar-refractivity contribution in [1.82, 2.24) is 10.2 Å². The topological polar surface area (TPSA) is 52.7 Å². The second-order valence-electron chi connectivity index (χ2n) is 7.01. The van der Waals surface area contributed by atoms with Crippen LogP contribution < -0.4 is 10.2 Å². The van der Waals surface area contributed by atoms with Crippen molar-refractivity contribution in [1.29, 1.82) is 0 Å². The van der Waals surface area contributed by atoms with Gasteiger partial charge in [-0.25, -0.2) is 0 Å². The van der Waals surface area contributed by atoms with Gasteiger partial charge in [0.1, 0.15) is 0 Å². The van der Waals surface area contributed by atoms with Crippen LogP contribution in [0.15, 0.2) is 48.5 Å². The molecule has 0 bridgehead atoms. The molecule has 0 radical (unpaired) electrons. The van der Waals surface area contributed by atoms with E-state index in [4.69, 9.17) is 11.6 Å². The standard InChI is InChI=1S/C21H24ClN3O2/c1-24(2)14-18(15-7-4-3-5-8-15)23-21(27)16-10-11-17(22)19(13-16)25-12-6-9-20(25)26/h3-5,7-8,10-11,13,18H,6,9,12,14H2,1-2H3,(H,23,27)/t18-/m0/s1. The van der Waals surface area contributed by atoms with Crippen LogP contribution in [0.2, 0.25) is 5.02 Å². The fourth-order valence-corrected chi connectivity index (χ4v) is 3.51. The molecule has 3 rings (SSSR count). The summed E-state index contributed by atoms with van der Waals surface area (Å²) in [4.78, 5) is 28.6. The summed E-state index contributed by atoms with van der Waals surface area (Å²) >= 11 is 6.28. The Morgan fingerprint density at radius 1 is 1.22 bits per heavy atom. The van der Waals surface area contributed by atoms with E-state index in [-0.39, 0.29) is 17.9 Å². The minimum absolute atomic E-state index is 0.0456. The Morgan fingerprint density at radius 3 is 2.59 bits per heavy atom. The van der Waals surface area contributed by atoms with E-state index in [1.54, 1.807) is 23.1 Å². The number of amides is 2. The van der Waals surface area contributed by atoms with Crippen molar-refractivity contribution in [3.8, 4) is 0 Å². The summed E-state index contributed by atoms with van der Waals surface area (Å²) in [5, 5.41) is 3.58. The molecule has 0 spiro atoms. The van der Waals surface area contributed by atoms with Crippen molar-refractivity contribution in [2.24, 2.45) is 0 Å². The summed E-state index contributed by atoms with van der Waals surface area (Å²) in [6.45, 7) is 1.32. The first-order valence-electron chi connectivity index (χ1n) is 9.06. The van der Waals surface area contributed by atoms with Gasteiger partial charge < -0.3 is 15.1 Å². The molecule has 1 atom stereocenters. The number of benzene rings is 2. The Hall–Kier alpha value is -2.37. The maximum Gasteiger partial charge on any atom is 0.251 e. The summed E-state index contributed by atoms with van der Waals surface area (Å²) in [5.41, 5.74) is 2.15. The molecule has 1 saturated heterocycles. The Morgan fingerprint density at radius 2 is 1.96 bits per heavy atom. The summed E-state index contributed by atoms with van der Waals surface area (Å²) in [6.07, 6.45) is 1.33. The summed E-state index contributed by atoms with van der Waals surface area (Å²) < 4.78 is 0. The molecule has 5 nitrogen and oxygen atoms in total. The zero-order valence-corrected chi connectivity index (χ0v) is 16.4. The first-order valence-corrected chi connectivity index (χ1v) is 9.44. The van der Waals surface area contributed by atoms with E-state index < -0.39 is 0 Å². The van der Waals surface area contributed by atoms with Crippen LogP contribution in [0.3, 0.4) is 0 Å². The number of hydrogen-bond donors (Lipinski definition) is 1. The van der Waals surface area contributed by atoms with Gasteiger partial charge in [0.2, 0.25) is 5.91 Å². The minimum Gasteiger partial charge on any atom is -0.344 e. The largest absolute Gasteiger partial charge is 0.344 e. The van der Waals surface area contributed by atoms with E-state index in [0.29, 0.717) is 35.8 Å². The highest BCUT2D eigenvalue weighted by molar-refractivity contribution is 6.34. The normalized spacial score (nSPS) is 15.3. The van der Waals surface area contributed by atoms with Gasteiger partial charge in [-0.1, -0.05) is 41.9 Å². The van der Waals surface area contributed by atoms with Crippen molar-refractivity contribution in [3.05, 3.63) is 64.7 Å². The molecule has 0 aromatic heterocycles. The quantitative estimate of drug-likeness (QED) is 0.828. The number of rotatable bonds is 6. The predicted molar refractivity (Wildman–Crippen MR) is 108 cm³/mol. The van der Waals surface area contributed by atoms with Crippen LogP contribution in [-0.2, 0) is 4.79 Å². The lowest BCUT2D eigenvalue weighted by atomic mass is 10.1. The smallest absolute Gasteiger partial charge is 0.251 e. The predicted octanol–water partition coefficient (Wildman–Crippen LogP) is 3.50.